The Morgan fingerprint density at radius 2 is 2.17 bits per heavy atom. The van der Waals surface area contributed by atoms with Crippen LogP contribution in [0.4, 0.5) is 0 Å². The van der Waals surface area contributed by atoms with Crippen LogP contribution in [0, 0.1) is 5.41 Å². The second kappa shape index (κ2) is 4.86. The Bertz CT molecular complexity index is 501. The SMILES string of the molecule is CC(C)(C)C(N)Cc1nc(-c2cccnc2)no1. The summed E-state index contributed by atoms with van der Waals surface area (Å²) in [5, 5.41) is 3.94. The topological polar surface area (TPSA) is 77.8 Å². The van der Waals surface area contributed by atoms with E-state index in [2.05, 4.69) is 35.9 Å². The van der Waals surface area contributed by atoms with Crippen LogP contribution in [0.15, 0.2) is 29.0 Å². The van der Waals surface area contributed by atoms with Gasteiger partial charge in [-0.25, -0.2) is 0 Å². The standard InChI is InChI=1S/C13H18N4O/c1-13(2,3)10(14)7-11-16-12(17-18-11)9-5-4-6-15-8-9/h4-6,8,10H,7,14H2,1-3H3. The van der Waals surface area contributed by atoms with Crippen LogP contribution in [-0.2, 0) is 6.42 Å². The van der Waals surface area contributed by atoms with E-state index in [9.17, 15) is 0 Å². The lowest BCUT2D eigenvalue weighted by Gasteiger charge is -2.25. The molecule has 0 saturated carbocycles. The van der Waals surface area contributed by atoms with Crippen LogP contribution in [0.25, 0.3) is 11.4 Å². The second-order valence-electron chi connectivity index (χ2n) is 5.43. The van der Waals surface area contributed by atoms with Gasteiger partial charge in [-0.1, -0.05) is 25.9 Å². The number of nitrogens with two attached hydrogens (primary N) is 1. The lowest BCUT2D eigenvalue weighted by molar-refractivity contribution is 0.286. The maximum Gasteiger partial charge on any atom is 0.228 e. The maximum absolute atomic E-state index is 6.09. The molecule has 0 saturated heterocycles. The summed E-state index contributed by atoms with van der Waals surface area (Å²) in [6.45, 7) is 6.28. The zero-order valence-corrected chi connectivity index (χ0v) is 10.9. The predicted octanol–water partition coefficient (Wildman–Crippen LogP) is 2.05. The summed E-state index contributed by atoms with van der Waals surface area (Å²) >= 11 is 0. The Labute approximate surface area is 106 Å². The van der Waals surface area contributed by atoms with Crippen LogP contribution >= 0.6 is 0 Å². The number of nitrogens with zero attached hydrogens (tertiary/aromatic N) is 3. The Balaban J connectivity index is 2.12. The summed E-state index contributed by atoms with van der Waals surface area (Å²) in [6, 6.07) is 3.72. The third-order valence-corrected chi connectivity index (χ3v) is 2.89. The van der Waals surface area contributed by atoms with Crippen molar-refractivity contribution in [2.24, 2.45) is 11.1 Å². The minimum Gasteiger partial charge on any atom is -0.339 e. The average molecular weight is 246 g/mol. The van der Waals surface area contributed by atoms with E-state index >= 15 is 0 Å². The Kier molecular flexibility index (Phi) is 3.43. The minimum absolute atomic E-state index is 0.0142. The molecule has 2 aromatic rings. The van der Waals surface area contributed by atoms with Gasteiger partial charge in [0.2, 0.25) is 11.7 Å². The zero-order valence-electron chi connectivity index (χ0n) is 10.9. The molecule has 0 aliphatic rings. The Morgan fingerprint density at radius 3 is 2.78 bits per heavy atom. The first-order valence-electron chi connectivity index (χ1n) is 5.95. The normalized spacial score (nSPS) is 13.6. The van der Waals surface area contributed by atoms with Gasteiger partial charge in [0, 0.05) is 30.4 Å². The third kappa shape index (κ3) is 2.92. The summed E-state index contributed by atoms with van der Waals surface area (Å²) in [4.78, 5) is 8.36. The highest BCUT2D eigenvalue weighted by atomic mass is 16.5. The molecule has 2 N–H and O–H groups in total. The molecule has 0 aliphatic heterocycles. The first kappa shape index (κ1) is 12.7. The molecule has 2 aromatic heterocycles. The van der Waals surface area contributed by atoms with Gasteiger partial charge in [0.15, 0.2) is 0 Å². The van der Waals surface area contributed by atoms with E-state index in [0.29, 0.717) is 18.1 Å². The van der Waals surface area contributed by atoms with Crippen molar-refractivity contribution >= 4 is 0 Å². The molecule has 2 rings (SSSR count). The van der Waals surface area contributed by atoms with Gasteiger partial charge < -0.3 is 10.3 Å². The minimum atomic E-state index is -0.0142. The molecule has 1 unspecified atom stereocenters. The number of aromatic nitrogens is 3. The van der Waals surface area contributed by atoms with E-state index in [4.69, 9.17) is 10.3 Å². The van der Waals surface area contributed by atoms with E-state index in [0.717, 1.165) is 5.56 Å². The summed E-state index contributed by atoms with van der Waals surface area (Å²) in [6.07, 6.45) is 4.00. The van der Waals surface area contributed by atoms with Crippen molar-refractivity contribution < 1.29 is 4.52 Å². The van der Waals surface area contributed by atoms with Gasteiger partial charge in [0.05, 0.1) is 0 Å². The molecule has 2 heterocycles. The van der Waals surface area contributed by atoms with E-state index in [1.165, 1.54) is 0 Å². The molecule has 0 aromatic carbocycles. The Morgan fingerprint density at radius 1 is 1.39 bits per heavy atom. The first-order chi connectivity index (χ1) is 8.47. The monoisotopic (exact) mass is 246 g/mol. The highest BCUT2D eigenvalue weighted by Crippen LogP contribution is 2.21. The van der Waals surface area contributed by atoms with Crippen molar-refractivity contribution in [3.63, 3.8) is 0 Å². The largest absolute Gasteiger partial charge is 0.339 e. The molecule has 5 heteroatoms. The molecule has 0 fully saturated rings. The van der Waals surface area contributed by atoms with Gasteiger partial charge in [0.1, 0.15) is 0 Å². The van der Waals surface area contributed by atoms with Crippen molar-refractivity contribution in [3.8, 4) is 11.4 Å². The lowest BCUT2D eigenvalue weighted by Crippen LogP contribution is -2.36. The van der Waals surface area contributed by atoms with E-state index in [1.807, 2.05) is 12.1 Å². The summed E-state index contributed by atoms with van der Waals surface area (Å²) in [5.41, 5.74) is 6.95. The molecular weight excluding hydrogens is 228 g/mol. The molecule has 96 valence electrons. The molecule has 0 spiro atoms. The molecular formula is C13H18N4O. The summed E-state index contributed by atoms with van der Waals surface area (Å²) in [5.74, 6) is 1.12. The molecule has 1 atom stereocenters. The van der Waals surface area contributed by atoms with Crippen LogP contribution in [0.1, 0.15) is 26.7 Å². The van der Waals surface area contributed by atoms with Crippen molar-refractivity contribution in [1.82, 2.24) is 15.1 Å². The van der Waals surface area contributed by atoms with E-state index in [1.54, 1.807) is 12.4 Å². The van der Waals surface area contributed by atoms with Crippen molar-refractivity contribution in [2.75, 3.05) is 0 Å². The van der Waals surface area contributed by atoms with Crippen molar-refractivity contribution in [3.05, 3.63) is 30.4 Å². The van der Waals surface area contributed by atoms with E-state index in [-0.39, 0.29) is 11.5 Å². The average Bonchev–Trinajstić information content (AvgIpc) is 2.77. The fourth-order valence-corrected chi connectivity index (χ4v) is 1.44. The zero-order chi connectivity index (χ0) is 13.2. The lowest BCUT2D eigenvalue weighted by atomic mass is 9.85. The van der Waals surface area contributed by atoms with Crippen LogP contribution in [0.3, 0.4) is 0 Å². The fraction of sp³-hybridized carbons (Fsp3) is 0.462. The highest BCUT2D eigenvalue weighted by molar-refractivity contribution is 5.51. The number of pyridine rings is 1. The van der Waals surface area contributed by atoms with Gasteiger partial charge >= 0.3 is 0 Å². The van der Waals surface area contributed by atoms with Crippen LogP contribution in [0.2, 0.25) is 0 Å². The quantitative estimate of drug-likeness (QED) is 0.896. The Hall–Kier alpha value is -1.75. The van der Waals surface area contributed by atoms with Crippen molar-refractivity contribution in [2.45, 2.75) is 33.2 Å². The molecule has 0 radical (unpaired) electrons. The van der Waals surface area contributed by atoms with E-state index < -0.39 is 0 Å². The highest BCUT2D eigenvalue weighted by Gasteiger charge is 2.23. The van der Waals surface area contributed by atoms with Crippen molar-refractivity contribution in [1.29, 1.82) is 0 Å². The van der Waals surface area contributed by atoms with Crippen LogP contribution in [0.5, 0.6) is 0 Å². The fourth-order valence-electron chi connectivity index (χ4n) is 1.44. The third-order valence-electron chi connectivity index (χ3n) is 2.89. The van der Waals surface area contributed by atoms with Gasteiger partial charge in [-0.05, 0) is 17.5 Å². The number of rotatable bonds is 3. The molecule has 18 heavy (non-hydrogen) atoms. The molecule has 0 aliphatic carbocycles. The summed E-state index contributed by atoms with van der Waals surface area (Å²) in [7, 11) is 0. The van der Waals surface area contributed by atoms with Gasteiger partial charge in [0.25, 0.3) is 0 Å². The van der Waals surface area contributed by atoms with Gasteiger partial charge in [-0.15, -0.1) is 0 Å². The number of hydrogen-bond donors (Lipinski definition) is 1. The molecule has 0 amide bonds. The number of hydrogen-bond acceptors (Lipinski definition) is 5. The predicted molar refractivity (Wildman–Crippen MR) is 68.7 cm³/mol. The van der Waals surface area contributed by atoms with Crippen LogP contribution in [-0.4, -0.2) is 21.2 Å². The first-order valence-corrected chi connectivity index (χ1v) is 5.95. The second-order valence-corrected chi connectivity index (χ2v) is 5.43. The smallest absolute Gasteiger partial charge is 0.228 e. The molecule has 0 bridgehead atoms. The van der Waals surface area contributed by atoms with Gasteiger partial charge in [-0.3, -0.25) is 4.98 Å². The maximum atomic E-state index is 6.09. The molecule has 5 nitrogen and oxygen atoms in total. The summed E-state index contributed by atoms with van der Waals surface area (Å²) < 4.78 is 5.22. The van der Waals surface area contributed by atoms with Gasteiger partial charge in [-0.2, -0.15) is 4.98 Å². The van der Waals surface area contributed by atoms with Crippen LogP contribution < -0.4 is 5.73 Å².